The average Bonchev–Trinajstić information content (AvgIpc) is 2.73. The zero-order valence-electron chi connectivity index (χ0n) is 14.9. The highest BCUT2D eigenvalue weighted by molar-refractivity contribution is 6.12. The van der Waals surface area contributed by atoms with Crippen LogP contribution in [0.15, 0.2) is 66.9 Å². The molecule has 0 aliphatic rings. The number of pyridine rings is 1. The van der Waals surface area contributed by atoms with Crippen LogP contribution in [0.2, 0.25) is 0 Å². The number of nitro benzene ring substituents is 1. The van der Waals surface area contributed by atoms with Crippen LogP contribution in [0.5, 0.6) is 11.6 Å². The summed E-state index contributed by atoms with van der Waals surface area (Å²) in [6, 6.07) is 14.8. The molecule has 0 spiro atoms. The standard InChI is InChI=1S/C19H15N5O5/c20-16-9-8-12(24(27)28)11-15(16)19(26)23(21)18(25)14-7-4-10-22-17(14)29-13-5-2-1-3-6-13/h1-11H,20-21H2. The van der Waals surface area contributed by atoms with Gasteiger partial charge in [0.25, 0.3) is 17.5 Å². The van der Waals surface area contributed by atoms with E-state index >= 15 is 0 Å². The van der Waals surface area contributed by atoms with E-state index in [-0.39, 0.29) is 28.4 Å². The van der Waals surface area contributed by atoms with E-state index in [1.54, 1.807) is 30.3 Å². The number of benzene rings is 2. The summed E-state index contributed by atoms with van der Waals surface area (Å²) in [4.78, 5) is 39.7. The van der Waals surface area contributed by atoms with Crippen molar-refractivity contribution < 1.29 is 19.2 Å². The van der Waals surface area contributed by atoms with Crippen LogP contribution < -0.4 is 16.3 Å². The summed E-state index contributed by atoms with van der Waals surface area (Å²) >= 11 is 0. The summed E-state index contributed by atoms with van der Waals surface area (Å²) < 4.78 is 5.60. The quantitative estimate of drug-likeness (QED) is 0.167. The van der Waals surface area contributed by atoms with Gasteiger partial charge in [-0.3, -0.25) is 19.7 Å². The molecule has 10 nitrogen and oxygen atoms in total. The van der Waals surface area contributed by atoms with Crippen molar-refractivity contribution in [3.05, 3.63) is 88.1 Å². The van der Waals surface area contributed by atoms with Gasteiger partial charge in [-0.15, -0.1) is 0 Å². The van der Waals surface area contributed by atoms with Crippen molar-refractivity contribution >= 4 is 23.2 Å². The van der Waals surface area contributed by atoms with Crippen LogP contribution in [-0.2, 0) is 0 Å². The molecule has 0 saturated carbocycles. The number of aromatic nitrogens is 1. The molecule has 0 aliphatic carbocycles. The number of amides is 2. The largest absolute Gasteiger partial charge is 0.438 e. The Labute approximate surface area is 164 Å². The third kappa shape index (κ3) is 4.17. The Hall–Kier alpha value is -4.31. The van der Waals surface area contributed by atoms with Crippen LogP contribution >= 0.6 is 0 Å². The number of rotatable bonds is 5. The van der Waals surface area contributed by atoms with Gasteiger partial charge in [0, 0.05) is 24.0 Å². The van der Waals surface area contributed by atoms with E-state index in [0.717, 1.165) is 12.1 Å². The number of hydrogen-bond donors (Lipinski definition) is 2. The molecular formula is C19H15N5O5. The minimum absolute atomic E-state index is 0.0565. The highest BCUT2D eigenvalue weighted by Gasteiger charge is 2.27. The van der Waals surface area contributed by atoms with Crippen LogP contribution in [0.25, 0.3) is 0 Å². The summed E-state index contributed by atoms with van der Waals surface area (Å²) in [5.41, 5.74) is 4.96. The predicted octanol–water partition coefficient (Wildman–Crippen LogP) is 2.52. The number of hydrazine groups is 1. The number of hydrogen-bond acceptors (Lipinski definition) is 8. The van der Waals surface area contributed by atoms with E-state index in [1.165, 1.54) is 24.4 Å². The molecule has 10 heteroatoms. The van der Waals surface area contributed by atoms with Gasteiger partial charge in [-0.05, 0) is 30.3 Å². The summed E-state index contributed by atoms with van der Waals surface area (Å²) in [7, 11) is 0. The van der Waals surface area contributed by atoms with Crippen molar-refractivity contribution in [1.82, 2.24) is 9.99 Å². The van der Waals surface area contributed by atoms with E-state index in [4.69, 9.17) is 16.3 Å². The first kappa shape index (κ1) is 19.5. The van der Waals surface area contributed by atoms with E-state index in [2.05, 4.69) is 4.98 Å². The SMILES string of the molecule is Nc1ccc([N+](=O)[O-])cc1C(=O)N(N)C(=O)c1cccnc1Oc1ccccc1. The zero-order chi connectivity index (χ0) is 21.0. The number of nitrogens with zero attached hydrogens (tertiary/aromatic N) is 3. The topological polar surface area (TPSA) is 155 Å². The number of carbonyl (C=O) groups is 2. The fourth-order valence-corrected chi connectivity index (χ4v) is 2.43. The number of para-hydroxylation sites is 1. The lowest BCUT2D eigenvalue weighted by Crippen LogP contribution is -2.43. The molecule has 1 heterocycles. The van der Waals surface area contributed by atoms with E-state index < -0.39 is 16.7 Å². The average molecular weight is 393 g/mol. The monoisotopic (exact) mass is 393 g/mol. The molecule has 0 unspecified atom stereocenters. The number of anilines is 1. The maximum atomic E-state index is 12.8. The molecule has 0 aliphatic heterocycles. The molecule has 29 heavy (non-hydrogen) atoms. The Morgan fingerprint density at radius 3 is 2.38 bits per heavy atom. The molecule has 2 amide bonds. The molecule has 4 N–H and O–H groups in total. The van der Waals surface area contributed by atoms with Gasteiger partial charge in [0.1, 0.15) is 11.3 Å². The summed E-state index contributed by atoms with van der Waals surface area (Å²) in [6.07, 6.45) is 1.41. The molecular weight excluding hydrogens is 378 g/mol. The molecule has 3 rings (SSSR count). The summed E-state index contributed by atoms with van der Waals surface area (Å²) in [5.74, 6) is 4.15. The zero-order valence-corrected chi connectivity index (χ0v) is 14.9. The Balaban J connectivity index is 1.90. The fraction of sp³-hybridized carbons (Fsp3) is 0. The fourth-order valence-electron chi connectivity index (χ4n) is 2.43. The van der Waals surface area contributed by atoms with E-state index in [1.807, 2.05) is 0 Å². The number of non-ortho nitro benzene ring substituents is 1. The van der Waals surface area contributed by atoms with Crippen molar-refractivity contribution in [2.45, 2.75) is 0 Å². The number of nitro groups is 1. The Bertz CT molecular complexity index is 1090. The molecule has 0 bridgehead atoms. The molecule has 1 aromatic heterocycles. The third-order valence-corrected chi connectivity index (χ3v) is 3.87. The highest BCUT2D eigenvalue weighted by Crippen LogP contribution is 2.25. The molecule has 3 aromatic rings. The molecule has 0 radical (unpaired) electrons. The van der Waals surface area contributed by atoms with Crippen LogP contribution in [0.3, 0.4) is 0 Å². The second kappa shape index (κ2) is 8.15. The van der Waals surface area contributed by atoms with E-state index in [9.17, 15) is 19.7 Å². The Morgan fingerprint density at radius 2 is 1.69 bits per heavy atom. The number of imide groups is 1. The maximum absolute atomic E-state index is 12.8. The first-order valence-electron chi connectivity index (χ1n) is 8.24. The van der Waals surface area contributed by atoms with Crippen molar-refractivity contribution in [2.24, 2.45) is 5.84 Å². The van der Waals surface area contributed by atoms with Crippen molar-refractivity contribution in [1.29, 1.82) is 0 Å². The van der Waals surface area contributed by atoms with E-state index in [0.29, 0.717) is 10.8 Å². The smallest absolute Gasteiger partial charge is 0.280 e. The predicted molar refractivity (Wildman–Crippen MR) is 103 cm³/mol. The first-order chi connectivity index (χ1) is 13.9. The van der Waals surface area contributed by atoms with Crippen molar-refractivity contribution in [3.8, 4) is 11.6 Å². The Kier molecular flexibility index (Phi) is 5.47. The molecule has 0 atom stereocenters. The number of carbonyl (C=O) groups excluding carboxylic acids is 2. The molecule has 2 aromatic carbocycles. The lowest BCUT2D eigenvalue weighted by atomic mass is 10.1. The van der Waals surface area contributed by atoms with Gasteiger partial charge >= 0.3 is 0 Å². The van der Waals surface area contributed by atoms with Gasteiger partial charge in [0.05, 0.1) is 10.5 Å². The summed E-state index contributed by atoms with van der Waals surface area (Å²) in [5, 5.41) is 11.3. The van der Waals surface area contributed by atoms with Crippen LogP contribution in [0.4, 0.5) is 11.4 Å². The minimum Gasteiger partial charge on any atom is -0.438 e. The van der Waals surface area contributed by atoms with Crippen molar-refractivity contribution in [2.75, 3.05) is 5.73 Å². The lowest BCUT2D eigenvalue weighted by Gasteiger charge is -2.17. The van der Waals surface area contributed by atoms with Gasteiger partial charge in [0.2, 0.25) is 5.88 Å². The van der Waals surface area contributed by atoms with Gasteiger partial charge in [-0.1, -0.05) is 18.2 Å². The minimum atomic E-state index is -1.01. The Morgan fingerprint density at radius 1 is 1.00 bits per heavy atom. The number of nitrogens with two attached hydrogens (primary N) is 2. The maximum Gasteiger partial charge on any atom is 0.280 e. The molecule has 146 valence electrons. The normalized spacial score (nSPS) is 10.2. The second-order valence-corrected chi connectivity index (χ2v) is 5.78. The van der Waals surface area contributed by atoms with Crippen LogP contribution in [0.1, 0.15) is 20.7 Å². The van der Waals surface area contributed by atoms with Gasteiger partial charge in [-0.2, -0.15) is 0 Å². The van der Waals surface area contributed by atoms with Crippen molar-refractivity contribution in [3.63, 3.8) is 0 Å². The van der Waals surface area contributed by atoms with Gasteiger partial charge < -0.3 is 10.5 Å². The van der Waals surface area contributed by atoms with Crippen LogP contribution in [0, 0.1) is 10.1 Å². The third-order valence-electron chi connectivity index (χ3n) is 3.87. The molecule has 0 saturated heterocycles. The second-order valence-electron chi connectivity index (χ2n) is 5.78. The summed E-state index contributed by atoms with van der Waals surface area (Å²) in [6.45, 7) is 0. The molecule has 0 fully saturated rings. The van der Waals surface area contributed by atoms with Gasteiger partial charge in [-0.25, -0.2) is 15.8 Å². The number of ether oxygens (including phenoxy) is 1. The first-order valence-corrected chi connectivity index (χ1v) is 8.24. The van der Waals surface area contributed by atoms with Gasteiger partial charge in [0.15, 0.2) is 0 Å². The van der Waals surface area contributed by atoms with Crippen LogP contribution in [-0.4, -0.2) is 26.7 Å². The number of nitrogen functional groups attached to an aromatic ring is 1. The lowest BCUT2D eigenvalue weighted by molar-refractivity contribution is -0.384. The highest BCUT2D eigenvalue weighted by atomic mass is 16.6.